The molecule has 4 rings (SSSR count). The molecule has 0 radical (unpaired) electrons. The molecule has 2 atom stereocenters. The molecule has 2 aromatic carbocycles. The van der Waals surface area contributed by atoms with Gasteiger partial charge in [0.15, 0.2) is 5.78 Å². The number of hydrogen-bond donors (Lipinski definition) is 0. The van der Waals surface area contributed by atoms with Gasteiger partial charge in [-0.05, 0) is 50.1 Å². The lowest BCUT2D eigenvalue weighted by Gasteiger charge is -2.30. The summed E-state index contributed by atoms with van der Waals surface area (Å²) < 4.78 is 0.791. The van der Waals surface area contributed by atoms with Crippen LogP contribution in [-0.4, -0.2) is 40.1 Å². The van der Waals surface area contributed by atoms with Crippen LogP contribution in [0.15, 0.2) is 58.6 Å². The van der Waals surface area contributed by atoms with Crippen LogP contribution in [-0.2, 0) is 9.59 Å². The number of benzene rings is 2. The van der Waals surface area contributed by atoms with Crippen LogP contribution < -0.4 is 0 Å². The quantitative estimate of drug-likeness (QED) is 0.287. The van der Waals surface area contributed by atoms with Gasteiger partial charge in [-0.2, -0.15) is 5.01 Å². The zero-order valence-corrected chi connectivity index (χ0v) is 20.7. The first-order valence-electron chi connectivity index (χ1n) is 10.3. The molecule has 0 spiro atoms. The number of allylic oxidation sites excluding steroid dienone is 2. The predicted octanol–water partition coefficient (Wildman–Crippen LogP) is 5.34. The summed E-state index contributed by atoms with van der Waals surface area (Å²) in [6, 6.07) is 10.9. The Labute approximate surface area is 209 Å². The van der Waals surface area contributed by atoms with E-state index >= 15 is 0 Å². The van der Waals surface area contributed by atoms with Gasteiger partial charge >= 0.3 is 0 Å². The Morgan fingerprint density at radius 3 is 2.30 bits per heavy atom. The normalized spacial score (nSPS) is 19.9. The zero-order valence-electron chi connectivity index (χ0n) is 17.6. The molecule has 3 amide bonds. The molecule has 2 aliphatic rings. The number of hydrazine groups is 1. The van der Waals surface area contributed by atoms with E-state index in [1.54, 1.807) is 24.3 Å². The van der Waals surface area contributed by atoms with Crippen molar-refractivity contribution in [1.82, 2.24) is 10.0 Å². The smallest absolute Gasteiger partial charge is 0.273 e. The highest BCUT2D eigenvalue weighted by Gasteiger charge is 2.51. The number of ketones is 1. The number of rotatable bonds is 5. The first kappa shape index (κ1) is 23.7. The Hall–Kier alpha value is -2.48. The fourth-order valence-electron chi connectivity index (χ4n) is 4.13. The zero-order chi connectivity index (χ0) is 23.9. The molecule has 9 heteroatoms. The summed E-state index contributed by atoms with van der Waals surface area (Å²) in [6.07, 6.45) is 2.81. The van der Waals surface area contributed by atoms with E-state index in [0.717, 1.165) is 20.1 Å². The van der Waals surface area contributed by atoms with Gasteiger partial charge in [0.25, 0.3) is 17.7 Å². The molecule has 0 unspecified atom stereocenters. The lowest BCUT2D eigenvalue weighted by atomic mass is 9.82. The number of imide groups is 1. The Kier molecular flexibility index (Phi) is 6.75. The molecule has 2 aromatic rings. The van der Waals surface area contributed by atoms with Gasteiger partial charge in [-0.1, -0.05) is 62.9 Å². The molecule has 170 valence electrons. The highest BCUT2D eigenvalue weighted by atomic mass is 79.9. The monoisotopic (exact) mass is 548 g/mol. The summed E-state index contributed by atoms with van der Waals surface area (Å²) in [7, 11) is 0. The molecule has 0 aromatic heterocycles. The summed E-state index contributed by atoms with van der Waals surface area (Å²) in [4.78, 5) is 53.0. The van der Waals surface area contributed by atoms with Crippen LogP contribution in [0.4, 0.5) is 0 Å². The van der Waals surface area contributed by atoms with E-state index < -0.39 is 41.9 Å². The van der Waals surface area contributed by atoms with Crippen molar-refractivity contribution in [2.45, 2.75) is 19.8 Å². The number of nitrogens with zero attached hydrogens (tertiary/aromatic N) is 2. The molecule has 0 N–H and O–H groups in total. The number of carbonyl (C=O) groups is 4. The number of halogens is 3. The Morgan fingerprint density at radius 1 is 1.00 bits per heavy atom. The molecule has 0 bridgehead atoms. The third-order valence-corrected chi connectivity index (χ3v) is 7.17. The summed E-state index contributed by atoms with van der Waals surface area (Å²) in [5.74, 6) is -3.16. The van der Waals surface area contributed by atoms with E-state index in [-0.39, 0.29) is 15.6 Å². The summed E-state index contributed by atoms with van der Waals surface area (Å²) in [5, 5.41) is 2.19. The van der Waals surface area contributed by atoms with E-state index in [1.165, 1.54) is 18.2 Å². The third-order valence-electron chi connectivity index (χ3n) is 5.90. The maximum absolute atomic E-state index is 13.5. The summed E-state index contributed by atoms with van der Waals surface area (Å²) in [5.41, 5.74) is 1.48. The fourth-order valence-corrected chi connectivity index (χ4v) is 4.69. The van der Waals surface area contributed by atoms with Crippen molar-refractivity contribution in [1.29, 1.82) is 0 Å². The highest BCUT2D eigenvalue weighted by Crippen LogP contribution is 2.38. The van der Waals surface area contributed by atoms with Crippen LogP contribution in [0.1, 0.15) is 40.5 Å². The minimum Gasteiger partial charge on any atom is -0.292 e. The first-order chi connectivity index (χ1) is 15.7. The predicted molar refractivity (Wildman–Crippen MR) is 128 cm³/mol. The van der Waals surface area contributed by atoms with Gasteiger partial charge in [-0.3, -0.25) is 19.2 Å². The van der Waals surface area contributed by atoms with Crippen molar-refractivity contribution >= 4 is 62.6 Å². The molecule has 1 fully saturated rings. The van der Waals surface area contributed by atoms with Crippen LogP contribution in [0, 0.1) is 11.8 Å². The second-order valence-corrected chi connectivity index (χ2v) is 9.84. The van der Waals surface area contributed by atoms with Gasteiger partial charge in [0.1, 0.15) is 6.54 Å². The summed E-state index contributed by atoms with van der Waals surface area (Å²) >= 11 is 15.4. The van der Waals surface area contributed by atoms with E-state index in [4.69, 9.17) is 23.2 Å². The molecular weight excluding hydrogens is 531 g/mol. The lowest BCUT2D eigenvalue weighted by Crippen LogP contribution is -2.52. The highest BCUT2D eigenvalue weighted by molar-refractivity contribution is 9.10. The van der Waals surface area contributed by atoms with Crippen LogP contribution in [0.5, 0.6) is 0 Å². The molecule has 1 aliphatic carbocycles. The maximum atomic E-state index is 13.5. The van der Waals surface area contributed by atoms with Crippen molar-refractivity contribution in [2.24, 2.45) is 11.8 Å². The van der Waals surface area contributed by atoms with Crippen molar-refractivity contribution in [3.8, 4) is 0 Å². The van der Waals surface area contributed by atoms with Crippen molar-refractivity contribution in [3.05, 3.63) is 79.8 Å². The number of carbonyl (C=O) groups excluding carboxylic acids is 4. The SMILES string of the molecule is CC1=CC[C@H]2C(=O)N(N(CC(=O)c3ccc(Br)cc3)C(=O)c3ccc(Cl)c(Cl)c3)C(=O)[C@H]2C1. The number of amides is 3. The maximum Gasteiger partial charge on any atom is 0.273 e. The fraction of sp³-hybridized carbons (Fsp3) is 0.250. The summed E-state index contributed by atoms with van der Waals surface area (Å²) in [6.45, 7) is 1.43. The van der Waals surface area contributed by atoms with Crippen molar-refractivity contribution in [2.75, 3.05) is 6.54 Å². The Morgan fingerprint density at radius 2 is 1.64 bits per heavy atom. The molecule has 0 saturated carbocycles. The molecule has 1 saturated heterocycles. The average Bonchev–Trinajstić information content (AvgIpc) is 3.03. The van der Waals surface area contributed by atoms with E-state index in [9.17, 15) is 19.2 Å². The number of Topliss-reactive ketones (excluding diaryl/α,β-unsaturated/α-hetero) is 1. The second kappa shape index (κ2) is 9.41. The standard InChI is InChI=1S/C24H19BrCl2N2O4/c1-13-2-8-17-18(10-13)24(33)29(23(17)32)28(12-21(30)14-3-6-16(25)7-4-14)22(31)15-5-9-19(26)20(27)11-15/h2-7,9,11,17-18H,8,10,12H2,1H3/t17-,18+/m1/s1. The number of fused-ring (bicyclic) bond motifs is 1. The number of hydrogen-bond acceptors (Lipinski definition) is 4. The van der Waals surface area contributed by atoms with Crippen LogP contribution >= 0.6 is 39.1 Å². The van der Waals surface area contributed by atoms with E-state index in [1.807, 2.05) is 13.0 Å². The van der Waals surface area contributed by atoms with Gasteiger partial charge in [0.2, 0.25) is 0 Å². The van der Waals surface area contributed by atoms with Gasteiger partial charge in [-0.15, -0.1) is 0 Å². The molecule has 6 nitrogen and oxygen atoms in total. The van der Waals surface area contributed by atoms with Crippen LogP contribution in [0.25, 0.3) is 0 Å². The molecule has 1 aliphatic heterocycles. The second-order valence-electron chi connectivity index (χ2n) is 8.11. The van der Waals surface area contributed by atoms with Crippen molar-refractivity contribution < 1.29 is 19.2 Å². The Balaban J connectivity index is 1.71. The van der Waals surface area contributed by atoms with Gasteiger partial charge < -0.3 is 0 Å². The minimum absolute atomic E-state index is 0.109. The molecule has 33 heavy (non-hydrogen) atoms. The van der Waals surface area contributed by atoms with E-state index in [2.05, 4.69) is 15.9 Å². The van der Waals surface area contributed by atoms with Gasteiger partial charge in [0, 0.05) is 15.6 Å². The van der Waals surface area contributed by atoms with Crippen molar-refractivity contribution in [3.63, 3.8) is 0 Å². The average molecular weight is 550 g/mol. The molecular formula is C24H19BrCl2N2O4. The first-order valence-corrected chi connectivity index (χ1v) is 11.8. The third kappa shape index (κ3) is 4.63. The van der Waals surface area contributed by atoms with Gasteiger partial charge in [0.05, 0.1) is 21.9 Å². The van der Waals surface area contributed by atoms with Crippen LogP contribution in [0.2, 0.25) is 10.0 Å². The van der Waals surface area contributed by atoms with E-state index in [0.29, 0.717) is 18.4 Å². The Bertz CT molecular complexity index is 1200. The molecule has 1 heterocycles. The van der Waals surface area contributed by atoms with Gasteiger partial charge in [-0.25, -0.2) is 5.01 Å². The van der Waals surface area contributed by atoms with Crippen LogP contribution in [0.3, 0.4) is 0 Å². The topological polar surface area (TPSA) is 74.8 Å². The lowest BCUT2D eigenvalue weighted by molar-refractivity contribution is -0.154. The minimum atomic E-state index is -0.691. The largest absolute Gasteiger partial charge is 0.292 e.